The lowest BCUT2D eigenvalue weighted by Crippen LogP contribution is -2.32. The average Bonchev–Trinajstić information content (AvgIpc) is 2.13. The van der Waals surface area contributed by atoms with E-state index in [1.165, 1.54) is 13.8 Å². The number of rotatable bonds is 6. The Balaban J connectivity index is 4.62. The summed E-state index contributed by atoms with van der Waals surface area (Å²) in [7, 11) is 0. The molecule has 0 aromatic heterocycles. The number of carbonyl (C=O) groups excluding carboxylic acids is 2. The van der Waals surface area contributed by atoms with Gasteiger partial charge in [0.15, 0.2) is 5.92 Å². The van der Waals surface area contributed by atoms with E-state index in [9.17, 15) is 18.4 Å². The van der Waals surface area contributed by atoms with Crippen LogP contribution in [0.2, 0.25) is 0 Å². The molecule has 0 aliphatic heterocycles. The van der Waals surface area contributed by atoms with Crippen molar-refractivity contribution in [2.75, 3.05) is 13.2 Å². The molecule has 0 aliphatic carbocycles. The maximum absolute atomic E-state index is 12.8. The molecule has 0 rings (SSSR count). The second kappa shape index (κ2) is 6.40. The molecule has 0 aromatic rings. The van der Waals surface area contributed by atoms with E-state index in [-0.39, 0.29) is 13.2 Å². The van der Waals surface area contributed by atoms with Crippen molar-refractivity contribution in [1.29, 1.82) is 0 Å². The van der Waals surface area contributed by atoms with Crippen LogP contribution in [-0.2, 0) is 19.1 Å². The maximum Gasteiger partial charge on any atom is 0.320 e. The van der Waals surface area contributed by atoms with Gasteiger partial charge < -0.3 is 9.47 Å². The lowest BCUT2D eigenvalue weighted by atomic mass is 10.0. The maximum atomic E-state index is 12.8. The van der Waals surface area contributed by atoms with Crippen LogP contribution in [0.25, 0.3) is 0 Å². The Morgan fingerprint density at radius 3 is 1.75 bits per heavy atom. The quantitative estimate of drug-likeness (QED) is 0.522. The van der Waals surface area contributed by atoms with Crippen molar-refractivity contribution < 1.29 is 27.8 Å². The fourth-order valence-electron chi connectivity index (χ4n) is 1.11. The molecule has 0 spiro atoms. The minimum Gasteiger partial charge on any atom is -0.465 e. The molecule has 6 heteroatoms. The van der Waals surface area contributed by atoms with E-state index in [1.807, 2.05) is 0 Å². The second-order valence-electron chi connectivity index (χ2n) is 3.33. The van der Waals surface area contributed by atoms with Crippen molar-refractivity contribution in [2.24, 2.45) is 5.92 Å². The summed E-state index contributed by atoms with van der Waals surface area (Å²) in [4.78, 5) is 22.6. The summed E-state index contributed by atoms with van der Waals surface area (Å²) in [5.41, 5.74) is 0. The zero-order valence-corrected chi connectivity index (χ0v) is 9.59. The third kappa shape index (κ3) is 5.63. The van der Waals surface area contributed by atoms with Gasteiger partial charge in [0.1, 0.15) is 0 Å². The van der Waals surface area contributed by atoms with Crippen molar-refractivity contribution in [3.05, 3.63) is 0 Å². The van der Waals surface area contributed by atoms with Crippen LogP contribution >= 0.6 is 0 Å². The SMILES string of the molecule is CCOC(=O)C(CC(C)(F)F)C(=O)OCC. The number of hydrogen-bond acceptors (Lipinski definition) is 4. The predicted molar refractivity (Wildman–Crippen MR) is 52.0 cm³/mol. The molecule has 0 aromatic carbocycles. The summed E-state index contributed by atoms with van der Waals surface area (Å²) in [5.74, 6) is -6.62. The second-order valence-corrected chi connectivity index (χ2v) is 3.33. The molecule has 0 bridgehead atoms. The molecule has 0 radical (unpaired) electrons. The molecule has 0 N–H and O–H groups in total. The highest BCUT2D eigenvalue weighted by Gasteiger charge is 2.38. The summed E-state index contributed by atoms with van der Waals surface area (Å²) in [6.07, 6.45) is -0.898. The molecular formula is C10H16F2O4. The van der Waals surface area contributed by atoms with Gasteiger partial charge in [0, 0.05) is 6.42 Å². The number of hydrogen-bond donors (Lipinski definition) is 0. The van der Waals surface area contributed by atoms with Crippen LogP contribution in [0.5, 0.6) is 0 Å². The minimum absolute atomic E-state index is 0.0318. The number of alkyl halides is 2. The summed E-state index contributed by atoms with van der Waals surface area (Å²) >= 11 is 0. The van der Waals surface area contributed by atoms with Crippen LogP contribution in [-0.4, -0.2) is 31.1 Å². The third-order valence-electron chi connectivity index (χ3n) is 1.70. The highest BCUT2D eigenvalue weighted by atomic mass is 19.3. The Hall–Kier alpha value is -1.20. The lowest BCUT2D eigenvalue weighted by Gasteiger charge is -2.17. The first-order chi connectivity index (χ1) is 7.31. The largest absolute Gasteiger partial charge is 0.465 e. The summed E-state index contributed by atoms with van der Waals surface area (Å²) in [6.45, 7) is 3.76. The first-order valence-electron chi connectivity index (χ1n) is 5.03. The van der Waals surface area contributed by atoms with E-state index in [1.54, 1.807) is 0 Å². The minimum atomic E-state index is -3.12. The number of esters is 2. The van der Waals surface area contributed by atoms with Crippen LogP contribution in [0.15, 0.2) is 0 Å². The smallest absolute Gasteiger partial charge is 0.320 e. The molecule has 4 nitrogen and oxygen atoms in total. The van der Waals surface area contributed by atoms with Crippen molar-refractivity contribution in [3.63, 3.8) is 0 Å². The van der Waals surface area contributed by atoms with Crippen molar-refractivity contribution in [1.82, 2.24) is 0 Å². The highest BCUT2D eigenvalue weighted by Crippen LogP contribution is 2.24. The van der Waals surface area contributed by atoms with Gasteiger partial charge >= 0.3 is 11.9 Å². The van der Waals surface area contributed by atoms with Gasteiger partial charge in [-0.1, -0.05) is 0 Å². The van der Waals surface area contributed by atoms with E-state index in [2.05, 4.69) is 9.47 Å². The summed E-state index contributed by atoms with van der Waals surface area (Å²) in [5, 5.41) is 0. The molecule has 0 saturated carbocycles. The molecule has 0 saturated heterocycles. The van der Waals surface area contributed by atoms with Crippen LogP contribution in [0, 0.1) is 5.92 Å². The zero-order valence-electron chi connectivity index (χ0n) is 9.59. The number of carbonyl (C=O) groups is 2. The average molecular weight is 238 g/mol. The standard InChI is InChI=1S/C10H16F2O4/c1-4-15-8(13)7(6-10(3,11)12)9(14)16-5-2/h7H,4-6H2,1-3H3. The van der Waals surface area contributed by atoms with Crippen molar-refractivity contribution in [2.45, 2.75) is 33.1 Å². The molecule has 0 unspecified atom stereocenters. The van der Waals surface area contributed by atoms with Crippen LogP contribution < -0.4 is 0 Å². The topological polar surface area (TPSA) is 52.6 Å². The molecule has 0 heterocycles. The molecular weight excluding hydrogens is 222 g/mol. The van der Waals surface area contributed by atoms with E-state index < -0.39 is 30.2 Å². The Morgan fingerprint density at radius 2 is 1.50 bits per heavy atom. The first-order valence-corrected chi connectivity index (χ1v) is 5.03. The van der Waals surface area contributed by atoms with Crippen LogP contribution in [0.1, 0.15) is 27.2 Å². The molecule has 0 amide bonds. The normalized spacial score (nSPS) is 11.4. The van der Waals surface area contributed by atoms with Crippen LogP contribution in [0.3, 0.4) is 0 Å². The molecule has 16 heavy (non-hydrogen) atoms. The summed E-state index contributed by atoms with van der Waals surface area (Å²) in [6, 6.07) is 0. The van der Waals surface area contributed by atoms with Gasteiger partial charge in [-0.2, -0.15) is 0 Å². The van der Waals surface area contributed by atoms with Gasteiger partial charge in [0.2, 0.25) is 5.92 Å². The Bertz CT molecular complexity index is 230. The van der Waals surface area contributed by atoms with Gasteiger partial charge in [-0.25, -0.2) is 8.78 Å². The molecule has 0 fully saturated rings. The Kier molecular flexibility index (Phi) is 5.92. The van der Waals surface area contributed by atoms with Gasteiger partial charge in [-0.3, -0.25) is 9.59 Å². The fraction of sp³-hybridized carbons (Fsp3) is 0.800. The van der Waals surface area contributed by atoms with E-state index >= 15 is 0 Å². The monoisotopic (exact) mass is 238 g/mol. The Labute approximate surface area is 92.9 Å². The zero-order chi connectivity index (χ0) is 12.8. The van der Waals surface area contributed by atoms with Gasteiger partial charge in [0.25, 0.3) is 0 Å². The number of ether oxygens (including phenoxy) is 2. The van der Waals surface area contributed by atoms with Crippen LogP contribution in [0.4, 0.5) is 8.78 Å². The van der Waals surface area contributed by atoms with Gasteiger partial charge in [-0.15, -0.1) is 0 Å². The third-order valence-corrected chi connectivity index (χ3v) is 1.70. The molecule has 0 atom stereocenters. The predicted octanol–water partition coefficient (Wildman–Crippen LogP) is 1.77. The highest BCUT2D eigenvalue weighted by molar-refractivity contribution is 5.94. The van der Waals surface area contributed by atoms with Gasteiger partial charge in [0.05, 0.1) is 13.2 Å². The molecule has 94 valence electrons. The first kappa shape index (κ1) is 14.8. The van der Waals surface area contributed by atoms with Crippen molar-refractivity contribution in [3.8, 4) is 0 Å². The summed E-state index contributed by atoms with van der Waals surface area (Å²) < 4.78 is 34.6. The van der Waals surface area contributed by atoms with E-state index in [4.69, 9.17) is 0 Å². The Morgan fingerprint density at radius 1 is 1.12 bits per heavy atom. The van der Waals surface area contributed by atoms with Crippen molar-refractivity contribution >= 4 is 11.9 Å². The number of halogens is 2. The van der Waals surface area contributed by atoms with E-state index in [0.717, 1.165) is 0 Å². The fourth-order valence-corrected chi connectivity index (χ4v) is 1.11. The van der Waals surface area contributed by atoms with Gasteiger partial charge in [-0.05, 0) is 20.8 Å². The molecule has 0 aliphatic rings. The lowest BCUT2D eigenvalue weighted by molar-refractivity contribution is -0.165. The van der Waals surface area contributed by atoms with E-state index in [0.29, 0.717) is 6.92 Å².